The second kappa shape index (κ2) is 27.5. The number of unbranched alkanes of at least 4 members (excludes halogenated alkanes) is 6. The van der Waals surface area contributed by atoms with Crippen LogP contribution >= 0.6 is 7.60 Å². The first-order valence-electron chi connectivity index (χ1n) is 30.0. The molecule has 0 radical (unpaired) electrons. The van der Waals surface area contributed by atoms with Crippen LogP contribution in [0.5, 0.6) is 0 Å². The van der Waals surface area contributed by atoms with Crippen molar-refractivity contribution in [3.63, 3.8) is 0 Å². The van der Waals surface area contributed by atoms with E-state index in [2.05, 4.69) is 38.4 Å². The summed E-state index contributed by atoms with van der Waals surface area (Å²) < 4.78 is 43.3. The van der Waals surface area contributed by atoms with E-state index < -0.39 is 90.4 Å². The number of aryl methyl sites for hydroxylation is 1. The Morgan fingerprint density at radius 2 is 1.46 bits per heavy atom. The molecule has 1 fully saturated rings. The van der Waals surface area contributed by atoms with Crippen LogP contribution in [0, 0.1) is 11.8 Å². The smallest absolute Gasteiger partial charge is 0.370 e. The van der Waals surface area contributed by atoms with Crippen LogP contribution in [0.1, 0.15) is 153 Å². The number of carbonyl (C=O) groups excluding carboxylic acids is 9. The highest BCUT2D eigenvalue weighted by molar-refractivity contribution is 7.52. The van der Waals surface area contributed by atoms with Crippen LogP contribution in [0.2, 0.25) is 0 Å². The van der Waals surface area contributed by atoms with Crippen LogP contribution in [0.3, 0.4) is 0 Å². The van der Waals surface area contributed by atoms with E-state index in [0.717, 1.165) is 54.5 Å². The molecule has 9 N–H and O–H groups in total. The second-order valence-corrected chi connectivity index (χ2v) is 24.6. The molecule has 466 valence electrons. The number of hydrogen-bond acceptors (Lipinski definition) is 10. The molecule has 6 aromatic rings. The summed E-state index contributed by atoms with van der Waals surface area (Å²) in [6.07, 6.45) is 5.58. The fraction of sp³-hybridized carbons (Fsp3) is 0.328. The fourth-order valence-corrected chi connectivity index (χ4v) is 12.6. The minimum absolute atomic E-state index is 0.0480. The van der Waals surface area contributed by atoms with E-state index in [0.29, 0.717) is 47.2 Å². The van der Waals surface area contributed by atoms with E-state index in [4.69, 9.17) is 5.73 Å². The number of nitrogens with zero attached hydrogens (tertiary/aromatic N) is 2. The Morgan fingerprint density at radius 3 is 2.16 bits per heavy atom. The maximum Gasteiger partial charge on any atom is 0.399 e. The maximum atomic E-state index is 15.5. The number of benzene rings is 6. The van der Waals surface area contributed by atoms with E-state index in [-0.39, 0.29) is 91.7 Å². The lowest BCUT2D eigenvalue weighted by molar-refractivity contribution is -0.137. The minimum atomic E-state index is -6.14. The third-order valence-corrected chi connectivity index (χ3v) is 17.9. The van der Waals surface area contributed by atoms with Crippen LogP contribution in [0.25, 0.3) is 10.8 Å². The van der Waals surface area contributed by atoms with Crippen LogP contribution in [0.4, 0.5) is 14.5 Å². The molecule has 23 heteroatoms. The Morgan fingerprint density at radius 1 is 0.767 bits per heavy atom. The number of anilines is 1. The molecule has 6 aromatic carbocycles. The molecule has 9 amide bonds. The van der Waals surface area contributed by atoms with Gasteiger partial charge in [0.1, 0.15) is 24.2 Å². The number of nitrogens with two attached hydrogens (primary N) is 1. The van der Waals surface area contributed by atoms with Gasteiger partial charge in [0.05, 0.1) is 11.7 Å². The van der Waals surface area contributed by atoms with Gasteiger partial charge in [0.2, 0.25) is 35.4 Å². The third-order valence-electron chi connectivity index (χ3n) is 16.9. The van der Waals surface area contributed by atoms with Crippen LogP contribution < -0.4 is 37.2 Å². The van der Waals surface area contributed by atoms with Gasteiger partial charge in [-0.3, -0.25) is 57.9 Å². The lowest BCUT2D eigenvalue weighted by Crippen LogP contribution is -2.57. The molecule has 4 aliphatic heterocycles. The average Bonchev–Trinajstić information content (AvgIpc) is 1.43. The second-order valence-electron chi connectivity index (χ2n) is 23.0. The van der Waals surface area contributed by atoms with Crippen molar-refractivity contribution >= 4 is 77.2 Å². The van der Waals surface area contributed by atoms with Crippen molar-refractivity contribution in [1.82, 2.24) is 31.5 Å². The van der Waals surface area contributed by atoms with Gasteiger partial charge in [0, 0.05) is 66.6 Å². The zero-order valence-corrected chi connectivity index (χ0v) is 49.9. The lowest BCUT2D eigenvalue weighted by atomic mass is 9.97. The Labute approximate surface area is 517 Å². The number of primary amides is 1. The van der Waals surface area contributed by atoms with E-state index in [1.807, 2.05) is 66.7 Å². The van der Waals surface area contributed by atoms with Crippen molar-refractivity contribution in [1.29, 1.82) is 0 Å². The normalized spacial score (nSPS) is 17.4. The number of halogens is 2. The van der Waals surface area contributed by atoms with E-state index >= 15 is 8.78 Å². The number of piperidine rings is 1. The first kappa shape index (κ1) is 63.6. The summed E-state index contributed by atoms with van der Waals surface area (Å²) in [5.74, 6) is 0.943. The highest BCUT2D eigenvalue weighted by atomic mass is 31.2. The zero-order valence-electron chi connectivity index (χ0n) is 49.0. The molecule has 4 heterocycles. The number of imide groups is 1. The van der Waals surface area contributed by atoms with Crippen LogP contribution in [0.15, 0.2) is 127 Å². The van der Waals surface area contributed by atoms with Crippen LogP contribution in [-0.4, -0.2) is 98.6 Å². The molecule has 20 nitrogen and oxygen atoms in total. The summed E-state index contributed by atoms with van der Waals surface area (Å²) in [4.78, 5) is 144. The van der Waals surface area contributed by atoms with Crippen molar-refractivity contribution in [3.8, 4) is 11.8 Å². The van der Waals surface area contributed by atoms with E-state index in [9.17, 15) is 57.5 Å². The van der Waals surface area contributed by atoms with Gasteiger partial charge in [-0.1, -0.05) is 129 Å². The predicted octanol–water partition coefficient (Wildman–Crippen LogP) is 7.00. The SMILES string of the molecule is NC(=O)CC[C@H](NC(=O)[C@@H]1Cc2cccc3c2N1C(=O)[C@@H](NC(=O)c1ccc2c(C(=O)NCCCCCCCCC#Cc4cccc5c4CN(C4CCC(=O)NC4=O)C5=O)cc(C(F)(F)P(=O)(O)O)cc2c1)CC3)C(=O)NC(c1ccccc1)c1ccccc1. The first-order chi connectivity index (χ1) is 43.2. The lowest BCUT2D eigenvalue weighted by Gasteiger charge is -2.30. The summed E-state index contributed by atoms with van der Waals surface area (Å²) >= 11 is 0. The van der Waals surface area contributed by atoms with Gasteiger partial charge in [0.15, 0.2) is 0 Å². The van der Waals surface area contributed by atoms with Crippen molar-refractivity contribution in [2.75, 3.05) is 11.4 Å². The summed E-state index contributed by atoms with van der Waals surface area (Å²) in [5.41, 5.74) is 4.49. The van der Waals surface area contributed by atoms with E-state index in [1.54, 1.807) is 30.3 Å². The number of carbonyl (C=O) groups is 9. The molecule has 0 spiro atoms. The number of hydrogen-bond donors (Lipinski definition) is 8. The Kier molecular flexibility index (Phi) is 19.5. The molecular weight excluding hydrogens is 1180 g/mol. The molecule has 0 saturated carbocycles. The van der Waals surface area contributed by atoms with Crippen molar-refractivity contribution in [3.05, 3.63) is 183 Å². The third kappa shape index (κ3) is 14.0. The van der Waals surface area contributed by atoms with Gasteiger partial charge in [-0.05, 0) is 114 Å². The molecule has 0 aliphatic carbocycles. The standard InChI is InChI=1S/C67H67F2N8O12P/c68-67(69,90(87,88)89)47-36-46-35-45(26-28-48(46)50(38-47)61(81)71-34-14-6-4-2-1-3-5-9-17-40-22-16-25-49-51(40)39-76(65(49)85)54-31-33-57(79)74-63(54)83)60(80)73-53-29-27-43-23-15-24-44-37-55(77(59(43)44)66(53)86)64(84)72-52(30-32-56(70)78)62(82)75-58(41-18-10-7-11-19-41)42-20-12-8-13-21-42/h7-8,10-13,15-16,18-26,28,35-36,38,52-55,58H,1-6,14,27,29-34,37,39H2,(H2,70,78)(H,71,81)(H,72,84)(H,73,80)(H,75,82)(H,74,79,83)(H2,87,88,89)/t52-,53-,54?,55-/m0/s1. The predicted molar refractivity (Wildman–Crippen MR) is 328 cm³/mol. The number of nitrogens with one attached hydrogen (secondary N) is 5. The molecule has 1 saturated heterocycles. The van der Waals surface area contributed by atoms with Gasteiger partial charge in [-0.15, -0.1) is 0 Å². The summed E-state index contributed by atoms with van der Waals surface area (Å²) in [7, 11) is -6.14. The molecule has 1 unspecified atom stereocenters. The number of fused-ring (bicyclic) bond motifs is 2. The highest BCUT2D eigenvalue weighted by Gasteiger charge is 2.51. The molecule has 4 aliphatic rings. The van der Waals surface area contributed by atoms with Gasteiger partial charge in [0.25, 0.3) is 17.7 Å². The quantitative estimate of drug-likeness (QED) is 0.0139. The van der Waals surface area contributed by atoms with Crippen molar-refractivity contribution < 1.29 is 66.3 Å². The molecule has 0 aromatic heterocycles. The summed E-state index contributed by atoms with van der Waals surface area (Å²) in [5, 5.41) is 13.6. The fourth-order valence-electron chi connectivity index (χ4n) is 12.2. The average molecular weight is 1250 g/mol. The van der Waals surface area contributed by atoms with Gasteiger partial charge in [-0.25, -0.2) is 0 Å². The molecule has 4 atom stereocenters. The molecular formula is C67H67F2N8O12P. The highest BCUT2D eigenvalue weighted by Crippen LogP contribution is 2.59. The minimum Gasteiger partial charge on any atom is -0.370 e. The van der Waals surface area contributed by atoms with E-state index in [1.165, 1.54) is 28.0 Å². The topological polar surface area (TPSA) is 304 Å². The maximum absolute atomic E-state index is 15.5. The van der Waals surface area contributed by atoms with Gasteiger partial charge < -0.3 is 41.7 Å². The number of rotatable bonds is 23. The molecule has 90 heavy (non-hydrogen) atoms. The Hall–Kier alpha value is -9.42. The largest absolute Gasteiger partial charge is 0.399 e. The summed E-state index contributed by atoms with van der Waals surface area (Å²) in [6, 6.07) is 29.3. The summed E-state index contributed by atoms with van der Waals surface area (Å²) in [6.45, 7) is 0.372. The van der Waals surface area contributed by atoms with Gasteiger partial charge >= 0.3 is 13.3 Å². The number of alkyl halides is 2. The zero-order chi connectivity index (χ0) is 63.9. The van der Waals surface area contributed by atoms with Gasteiger partial charge in [-0.2, -0.15) is 8.78 Å². The first-order valence-corrected chi connectivity index (χ1v) is 31.6. The molecule has 0 bridgehead atoms. The Balaban J connectivity index is 0.766. The number of para-hydroxylation sites is 1. The van der Waals surface area contributed by atoms with Crippen LogP contribution in [-0.2, 0) is 58.4 Å². The molecule has 10 rings (SSSR count). The van der Waals surface area contributed by atoms with Crippen molar-refractivity contribution in [2.45, 2.75) is 132 Å². The Bertz CT molecular complexity index is 3910. The number of amides is 9. The monoisotopic (exact) mass is 1240 g/mol. The van der Waals surface area contributed by atoms with Crippen molar-refractivity contribution in [2.24, 2.45) is 5.73 Å².